The third kappa shape index (κ3) is 4.50. The summed E-state index contributed by atoms with van der Waals surface area (Å²) in [5.74, 6) is -0.794. The standard InChI is InChI=1S/C24H24F3NO4/c1-15-20(8-5-9-21(15)24(25,26)27)22(29)17-10-18-13-31-14-19(11-17)28(18)23(30)32-12-16-6-3-2-4-7-16/h2-9,17-19H,10-14H2,1H3. The summed E-state index contributed by atoms with van der Waals surface area (Å²) in [6.45, 7) is 2.00. The SMILES string of the molecule is Cc1c(C(=O)C2CC3COCC(C2)N3C(=O)OCc2ccccc2)cccc1C(F)(F)F. The lowest BCUT2D eigenvalue weighted by Gasteiger charge is -2.47. The van der Waals surface area contributed by atoms with Crippen molar-refractivity contribution in [1.82, 2.24) is 4.90 Å². The van der Waals surface area contributed by atoms with E-state index in [9.17, 15) is 22.8 Å². The monoisotopic (exact) mass is 447 g/mol. The van der Waals surface area contributed by atoms with E-state index in [1.807, 2.05) is 30.3 Å². The normalized spacial score (nSPS) is 23.0. The van der Waals surface area contributed by atoms with Crippen LogP contribution in [-0.2, 0) is 22.3 Å². The molecule has 2 fully saturated rings. The summed E-state index contributed by atoms with van der Waals surface area (Å²) in [5.41, 5.74) is 0.0983. The van der Waals surface area contributed by atoms with Crippen LogP contribution >= 0.6 is 0 Å². The van der Waals surface area contributed by atoms with Crippen LogP contribution in [0.5, 0.6) is 0 Å². The fraction of sp³-hybridized carbons (Fsp3) is 0.417. The number of carbonyl (C=O) groups is 2. The molecule has 2 unspecified atom stereocenters. The predicted octanol–water partition coefficient (Wildman–Crippen LogP) is 5.01. The van der Waals surface area contributed by atoms with Gasteiger partial charge in [0.2, 0.25) is 0 Å². The molecule has 170 valence electrons. The minimum absolute atomic E-state index is 0.0592. The van der Waals surface area contributed by atoms with Crippen molar-refractivity contribution in [3.05, 3.63) is 70.8 Å². The van der Waals surface area contributed by atoms with Gasteiger partial charge >= 0.3 is 12.3 Å². The van der Waals surface area contributed by atoms with Gasteiger partial charge in [0, 0.05) is 11.5 Å². The second-order valence-electron chi connectivity index (χ2n) is 8.30. The topological polar surface area (TPSA) is 55.8 Å². The largest absolute Gasteiger partial charge is 0.445 e. The van der Waals surface area contributed by atoms with Gasteiger partial charge in [-0.2, -0.15) is 13.2 Å². The molecule has 5 nitrogen and oxygen atoms in total. The van der Waals surface area contributed by atoms with Gasteiger partial charge in [-0.25, -0.2) is 4.79 Å². The fourth-order valence-corrected chi connectivity index (χ4v) is 4.65. The highest BCUT2D eigenvalue weighted by molar-refractivity contribution is 5.99. The van der Waals surface area contributed by atoms with Gasteiger partial charge in [0.15, 0.2) is 5.78 Å². The Morgan fingerprint density at radius 1 is 1.03 bits per heavy atom. The fourth-order valence-electron chi connectivity index (χ4n) is 4.65. The maximum absolute atomic E-state index is 13.3. The smallest absolute Gasteiger partial charge is 0.416 e. The van der Waals surface area contributed by atoms with Crippen LogP contribution in [0.2, 0.25) is 0 Å². The Kier molecular flexibility index (Phi) is 6.24. The highest BCUT2D eigenvalue weighted by Crippen LogP contribution is 2.37. The molecule has 0 aromatic heterocycles. The third-order valence-corrected chi connectivity index (χ3v) is 6.21. The molecule has 2 aliphatic heterocycles. The van der Waals surface area contributed by atoms with Crippen molar-refractivity contribution in [2.75, 3.05) is 13.2 Å². The maximum Gasteiger partial charge on any atom is 0.416 e. The summed E-state index contributed by atoms with van der Waals surface area (Å²) in [6, 6.07) is 12.3. The lowest BCUT2D eigenvalue weighted by atomic mass is 9.79. The Hall–Kier alpha value is -2.87. The van der Waals surface area contributed by atoms with Crippen LogP contribution in [-0.4, -0.2) is 42.1 Å². The molecule has 8 heteroatoms. The van der Waals surface area contributed by atoms with Crippen molar-refractivity contribution in [2.45, 2.75) is 44.6 Å². The molecular formula is C24H24F3NO4. The molecule has 1 amide bonds. The molecule has 2 bridgehead atoms. The minimum Gasteiger partial charge on any atom is -0.445 e. The first-order chi connectivity index (χ1) is 15.3. The average molecular weight is 447 g/mol. The number of morpholine rings is 1. The van der Waals surface area contributed by atoms with Crippen LogP contribution in [0.4, 0.5) is 18.0 Å². The first-order valence-corrected chi connectivity index (χ1v) is 10.5. The van der Waals surface area contributed by atoms with E-state index in [1.54, 1.807) is 4.90 Å². The van der Waals surface area contributed by atoms with Crippen LogP contribution in [0.1, 0.15) is 39.9 Å². The van der Waals surface area contributed by atoms with Gasteiger partial charge in [0.25, 0.3) is 0 Å². The Bertz CT molecular complexity index is 978. The molecule has 2 saturated heterocycles. The molecule has 2 aromatic rings. The predicted molar refractivity (Wildman–Crippen MR) is 110 cm³/mol. The summed E-state index contributed by atoms with van der Waals surface area (Å²) in [6.07, 6.45) is -4.33. The quantitative estimate of drug-likeness (QED) is 0.618. The second-order valence-corrected chi connectivity index (χ2v) is 8.30. The highest BCUT2D eigenvalue weighted by atomic mass is 19.4. The molecule has 0 N–H and O–H groups in total. The lowest BCUT2D eigenvalue weighted by Crippen LogP contribution is -2.60. The van der Waals surface area contributed by atoms with Crippen molar-refractivity contribution in [3.63, 3.8) is 0 Å². The molecule has 2 heterocycles. The Balaban J connectivity index is 1.48. The van der Waals surface area contributed by atoms with E-state index in [-0.39, 0.29) is 48.8 Å². The molecule has 0 saturated carbocycles. The molecule has 0 spiro atoms. The van der Waals surface area contributed by atoms with Crippen molar-refractivity contribution >= 4 is 11.9 Å². The van der Waals surface area contributed by atoms with Gasteiger partial charge in [-0.1, -0.05) is 42.5 Å². The number of amides is 1. The van der Waals surface area contributed by atoms with E-state index < -0.39 is 23.8 Å². The van der Waals surface area contributed by atoms with Gasteiger partial charge in [0.1, 0.15) is 6.61 Å². The van der Waals surface area contributed by atoms with Gasteiger partial charge in [-0.15, -0.1) is 0 Å². The van der Waals surface area contributed by atoms with Crippen LogP contribution in [0.15, 0.2) is 48.5 Å². The second kappa shape index (κ2) is 8.94. The van der Waals surface area contributed by atoms with E-state index in [2.05, 4.69) is 0 Å². The summed E-state index contributed by atoms with van der Waals surface area (Å²) >= 11 is 0. The number of ketones is 1. The number of hydrogen-bond donors (Lipinski definition) is 0. The number of nitrogens with zero attached hydrogens (tertiary/aromatic N) is 1. The number of rotatable bonds is 4. The number of hydrogen-bond acceptors (Lipinski definition) is 4. The number of carbonyl (C=O) groups excluding carboxylic acids is 2. The zero-order chi connectivity index (χ0) is 22.9. The van der Waals surface area contributed by atoms with E-state index in [1.165, 1.54) is 19.1 Å². The average Bonchev–Trinajstić information content (AvgIpc) is 2.76. The Morgan fingerprint density at radius 2 is 1.69 bits per heavy atom. The van der Waals surface area contributed by atoms with Crippen LogP contribution in [0, 0.1) is 12.8 Å². The molecular weight excluding hydrogens is 423 g/mol. The van der Waals surface area contributed by atoms with Crippen LogP contribution in [0.25, 0.3) is 0 Å². The molecule has 0 aliphatic carbocycles. The Morgan fingerprint density at radius 3 is 2.31 bits per heavy atom. The zero-order valence-electron chi connectivity index (χ0n) is 17.6. The Labute approximate surface area is 184 Å². The van der Waals surface area contributed by atoms with E-state index in [0.29, 0.717) is 12.8 Å². The van der Waals surface area contributed by atoms with E-state index >= 15 is 0 Å². The maximum atomic E-state index is 13.3. The molecule has 2 atom stereocenters. The zero-order valence-corrected chi connectivity index (χ0v) is 17.6. The number of halogens is 3. The number of fused-ring (bicyclic) bond motifs is 2. The number of ether oxygens (including phenoxy) is 2. The molecule has 0 radical (unpaired) electrons. The van der Waals surface area contributed by atoms with Gasteiger partial charge in [0.05, 0.1) is 30.9 Å². The summed E-state index contributed by atoms with van der Waals surface area (Å²) < 4.78 is 50.9. The van der Waals surface area contributed by atoms with Crippen LogP contribution < -0.4 is 0 Å². The lowest BCUT2D eigenvalue weighted by molar-refractivity contribution is -0.138. The number of Topliss-reactive ketones (excluding diaryl/α,β-unsaturated/α-hetero) is 1. The minimum atomic E-state index is -4.52. The van der Waals surface area contributed by atoms with Crippen LogP contribution in [0.3, 0.4) is 0 Å². The molecule has 32 heavy (non-hydrogen) atoms. The third-order valence-electron chi connectivity index (χ3n) is 6.21. The molecule has 2 aliphatic rings. The van der Waals surface area contributed by atoms with Crippen molar-refractivity contribution in [1.29, 1.82) is 0 Å². The van der Waals surface area contributed by atoms with Gasteiger partial charge < -0.3 is 9.47 Å². The molecule has 2 aromatic carbocycles. The van der Waals surface area contributed by atoms with Gasteiger partial charge in [-0.3, -0.25) is 9.69 Å². The highest BCUT2D eigenvalue weighted by Gasteiger charge is 2.45. The number of benzene rings is 2. The van der Waals surface area contributed by atoms with Crippen molar-refractivity contribution < 1.29 is 32.2 Å². The number of piperidine rings is 1. The summed E-state index contributed by atoms with van der Waals surface area (Å²) in [7, 11) is 0. The van der Waals surface area contributed by atoms with Crippen molar-refractivity contribution in [2.24, 2.45) is 5.92 Å². The molecule has 4 rings (SSSR count). The van der Waals surface area contributed by atoms with Gasteiger partial charge in [-0.05, 0) is 37.0 Å². The van der Waals surface area contributed by atoms with E-state index in [0.717, 1.165) is 11.6 Å². The first kappa shape index (κ1) is 22.3. The number of alkyl halides is 3. The first-order valence-electron chi connectivity index (χ1n) is 10.5. The summed E-state index contributed by atoms with van der Waals surface area (Å²) in [5, 5.41) is 0. The summed E-state index contributed by atoms with van der Waals surface area (Å²) in [4.78, 5) is 27.6. The van der Waals surface area contributed by atoms with Crippen molar-refractivity contribution in [3.8, 4) is 0 Å². The van der Waals surface area contributed by atoms with E-state index in [4.69, 9.17) is 9.47 Å².